The molecule has 0 saturated heterocycles. The first-order chi connectivity index (χ1) is 13.4. The van der Waals surface area contributed by atoms with Crippen LogP contribution in [-0.2, 0) is 14.3 Å². The summed E-state index contributed by atoms with van der Waals surface area (Å²) < 4.78 is 4.71. The van der Waals surface area contributed by atoms with Gasteiger partial charge in [0.05, 0.1) is 0 Å². The van der Waals surface area contributed by atoms with Gasteiger partial charge >= 0.3 is 5.97 Å². The first-order valence-corrected chi connectivity index (χ1v) is 11.1. The molecule has 0 heterocycles. The molecule has 2 rings (SSSR count). The number of carboxylic acid groups (broad SMARTS) is 1. The third-order valence-corrected chi connectivity index (χ3v) is 6.85. The summed E-state index contributed by atoms with van der Waals surface area (Å²) in [5.74, 6) is -0.887. The Morgan fingerprint density at radius 3 is 2.54 bits per heavy atom. The van der Waals surface area contributed by atoms with Crippen molar-refractivity contribution in [2.45, 2.75) is 89.8 Å². The van der Waals surface area contributed by atoms with Gasteiger partial charge in [0.1, 0.15) is 5.78 Å². The number of ether oxygens (including phenoxy) is 1. The number of Topliss-reactive ketones (excluding diaryl/α,β-unsaturated/α-hetero) is 1. The summed E-state index contributed by atoms with van der Waals surface area (Å²) in [4.78, 5) is 23.3. The van der Waals surface area contributed by atoms with Crippen LogP contribution in [0.1, 0.15) is 84.0 Å². The topological polar surface area (TPSA) is 83.8 Å². The number of aliphatic hydroxyl groups is 1. The predicted molar refractivity (Wildman–Crippen MR) is 109 cm³/mol. The lowest BCUT2D eigenvalue weighted by Gasteiger charge is -2.25. The first-order valence-electron chi connectivity index (χ1n) is 11.1. The number of methoxy groups -OCH3 is 1. The van der Waals surface area contributed by atoms with Gasteiger partial charge in [-0.3, -0.25) is 4.79 Å². The summed E-state index contributed by atoms with van der Waals surface area (Å²) in [7, 11) is 1.20. The second-order valence-electron chi connectivity index (χ2n) is 8.96. The Hall–Kier alpha value is -1.20. The fourth-order valence-electron chi connectivity index (χ4n) is 4.75. The van der Waals surface area contributed by atoms with Gasteiger partial charge in [-0.2, -0.15) is 0 Å². The highest BCUT2D eigenvalue weighted by atomic mass is 16.6. The molecule has 0 aromatic rings. The number of aliphatic carboxylic acids is 1. The maximum absolute atomic E-state index is 12.3. The Morgan fingerprint density at radius 2 is 1.89 bits per heavy atom. The van der Waals surface area contributed by atoms with Gasteiger partial charge in [0.15, 0.2) is 0 Å². The zero-order chi connectivity index (χ0) is 20.6. The Balaban J connectivity index is 1.70. The standard InChI is InChI=1S/C23H38O5/c1-17-10-12-18(13-11-17)7-6-8-19-14-15-21(24)20(19)9-4-3-5-16-23(27,28-2)22(25)26/h6,8,17-20,27H,3-5,7,9-16H2,1-2H3,(H,25,26)/t17?,18?,19-,20+,23?/m0/s1. The van der Waals surface area contributed by atoms with Crippen molar-refractivity contribution in [2.24, 2.45) is 23.7 Å². The summed E-state index contributed by atoms with van der Waals surface area (Å²) in [6.45, 7) is 2.35. The highest BCUT2D eigenvalue weighted by molar-refractivity contribution is 5.83. The van der Waals surface area contributed by atoms with E-state index >= 15 is 0 Å². The van der Waals surface area contributed by atoms with Crippen LogP contribution in [0.3, 0.4) is 0 Å². The van der Waals surface area contributed by atoms with E-state index in [1.54, 1.807) is 0 Å². The van der Waals surface area contributed by atoms with Gasteiger partial charge in [0, 0.05) is 25.9 Å². The molecule has 3 atom stereocenters. The van der Waals surface area contributed by atoms with Crippen LogP contribution in [0.25, 0.3) is 0 Å². The van der Waals surface area contributed by atoms with E-state index in [1.165, 1.54) is 32.8 Å². The average molecular weight is 395 g/mol. The zero-order valence-electron chi connectivity index (χ0n) is 17.6. The molecule has 2 aliphatic rings. The number of hydrogen-bond acceptors (Lipinski definition) is 4. The van der Waals surface area contributed by atoms with Crippen molar-refractivity contribution in [3.05, 3.63) is 12.2 Å². The van der Waals surface area contributed by atoms with Crippen LogP contribution in [0.5, 0.6) is 0 Å². The molecule has 5 heteroatoms. The van der Waals surface area contributed by atoms with E-state index in [9.17, 15) is 14.7 Å². The summed E-state index contributed by atoms with van der Waals surface area (Å²) in [5.41, 5.74) is 0. The SMILES string of the molecule is COC(O)(CCCCC[C@H]1C(=O)CC[C@@H]1C=CCC1CCC(C)CC1)C(=O)O. The van der Waals surface area contributed by atoms with Crippen LogP contribution in [0.15, 0.2) is 12.2 Å². The average Bonchev–Trinajstić information content (AvgIpc) is 3.02. The number of hydrogen-bond donors (Lipinski definition) is 2. The van der Waals surface area contributed by atoms with Gasteiger partial charge in [-0.1, -0.05) is 44.8 Å². The Bertz CT molecular complexity index is 535. The number of carbonyl (C=O) groups excluding carboxylic acids is 1. The smallest absolute Gasteiger partial charge is 0.364 e. The van der Waals surface area contributed by atoms with E-state index in [1.807, 2.05) is 0 Å². The van der Waals surface area contributed by atoms with Crippen molar-refractivity contribution in [3.8, 4) is 0 Å². The quantitative estimate of drug-likeness (QED) is 0.301. The molecular formula is C23H38O5. The van der Waals surface area contributed by atoms with E-state index in [0.717, 1.165) is 43.9 Å². The molecule has 0 aromatic carbocycles. The van der Waals surface area contributed by atoms with E-state index in [2.05, 4.69) is 19.1 Å². The summed E-state index contributed by atoms with van der Waals surface area (Å²) >= 11 is 0. The molecule has 2 fully saturated rings. The molecule has 2 saturated carbocycles. The normalized spacial score (nSPS) is 30.6. The molecule has 5 nitrogen and oxygen atoms in total. The van der Waals surface area contributed by atoms with Gasteiger partial charge in [-0.25, -0.2) is 4.79 Å². The molecule has 0 radical (unpaired) electrons. The lowest BCUT2D eigenvalue weighted by atomic mass is 9.81. The Kier molecular flexibility index (Phi) is 9.16. The van der Waals surface area contributed by atoms with Crippen molar-refractivity contribution < 1.29 is 24.5 Å². The molecular weight excluding hydrogens is 356 g/mol. The largest absolute Gasteiger partial charge is 0.477 e. The zero-order valence-corrected chi connectivity index (χ0v) is 17.6. The van der Waals surface area contributed by atoms with Gasteiger partial charge in [-0.05, 0) is 56.3 Å². The minimum atomic E-state index is -2.09. The molecule has 160 valence electrons. The second kappa shape index (κ2) is 11.1. The molecule has 2 aliphatic carbocycles. The third kappa shape index (κ3) is 6.70. The van der Waals surface area contributed by atoms with Crippen LogP contribution in [0, 0.1) is 23.7 Å². The van der Waals surface area contributed by atoms with Crippen LogP contribution < -0.4 is 0 Å². The fraction of sp³-hybridized carbons (Fsp3) is 0.826. The fourth-order valence-corrected chi connectivity index (χ4v) is 4.75. The van der Waals surface area contributed by atoms with Crippen molar-refractivity contribution in [1.29, 1.82) is 0 Å². The highest BCUT2D eigenvalue weighted by Crippen LogP contribution is 2.35. The van der Waals surface area contributed by atoms with Gasteiger partial charge in [0.25, 0.3) is 5.79 Å². The van der Waals surface area contributed by atoms with E-state index in [0.29, 0.717) is 24.5 Å². The highest BCUT2D eigenvalue weighted by Gasteiger charge is 2.35. The maximum Gasteiger partial charge on any atom is 0.364 e. The van der Waals surface area contributed by atoms with E-state index in [4.69, 9.17) is 9.84 Å². The number of allylic oxidation sites excluding steroid dienone is 2. The predicted octanol–water partition coefficient (Wildman–Crippen LogP) is 4.72. The number of ketones is 1. The van der Waals surface area contributed by atoms with Crippen LogP contribution in [-0.4, -0.2) is 34.9 Å². The lowest BCUT2D eigenvalue weighted by Crippen LogP contribution is -2.40. The van der Waals surface area contributed by atoms with Crippen LogP contribution >= 0.6 is 0 Å². The Morgan fingerprint density at radius 1 is 1.18 bits per heavy atom. The van der Waals surface area contributed by atoms with Crippen LogP contribution in [0.4, 0.5) is 0 Å². The lowest BCUT2D eigenvalue weighted by molar-refractivity contribution is -0.216. The van der Waals surface area contributed by atoms with Crippen molar-refractivity contribution in [2.75, 3.05) is 7.11 Å². The molecule has 0 aromatic heterocycles. The molecule has 2 N–H and O–H groups in total. The minimum absolute atomic E-state index is 0.0702. The maximum atomic E-state index is 12.3. The first kappa shape index (κ1) is 23.1. The summed E-state index contributed by atoms with van der Waals surface area (Å²) in [5, 5.41) is 18.8. The molecule has 1 unspecified atom stereocenters. The van der Waals surface area contributed by atoms with Gasteiger partial charge < -0.3 is 14.9 Å². The van der Waals surface area contributed by atoms with Gasteiger partial charge in [-0.15, -0.1) is 0 Å². The van der Waals surface area contributed by atoms with E-state index in [-0.39, 0.29) is 12.3 Å². The molecule has 0 aliphatic heterocycles. The number of carbonyl (C=O) groups is 2. The Labute approximate surface area is 169 Å². The monoisotopic (exact) mass is 394 g/mol. The number of carboxylic acids is 1. The van der Waals surface area contributed by atoms with E-state index < -0.39 is 11.8 Å². The molecule has 0 bridgehead atoms. The third-order valence-electron chi connectivity index (χ3n) is 6.85. The second-order valence-corrected chi connectivity index (χ2v) is 8.96. The molecule has 0 amide bonds. The van der Waals surface area contributed by atoms with Gasteiger partial charge in [0.2, 0.25) is 0 Å². The van der Waals surface area contributed by atoms with Crippen molar-refractivity contribution >= 4 is 11.8 Å². The summed E-state index contributed by atoms with van der Waals surface area (Å²) in [6.07, 6.45) is 15.9. The van der Waals surface area contributed by atoms with Crippen molar-refractivity contribution in [3.63, 3.8) is 0 Å². The molecule has 0 spiro atoms. The number of unbranched alkanes of at least 4 members (excludes halogenated alkanes) is 2. The van der Waals surface area contributed by atoms with Crippen molar-refractivity contribution in [1.82, 2.24) is 0 Å². The minimum Gasteiger partial charge on any atom is -0.477 e. The number of rotatable bonds is 11. The molecule has 28 heavy (non-hydrogen) atoms. The summed E-state index contributed by atoms with van der Waals surface area (Å²) in [6, 6.07) is 0. The van der Waals surface area contributed by atoms with Crippen LogP contribution in [0.2, 0.25) is 0 Å².